The number of carboxylic acid groups (broad SMARTS) is 1. The third-order valence-electron chi connectivity index (χ3n) is 5.70. The maximum absolute atomic E-state index is 13.7. The maximum atomic E-state index is 13.7. The van der Waals surface area contributed by atoms with Crippen LogP contribution in [0.25, 0.3) is 16.6 Å². The van der Waals surface area contributed by atoms with Crippen molar-refractivity contribution in [2.24, 2.45) is 0 Å². The second kappa shape index (κ2) is 7.01. The summed E-state index contributed by atoms with van der Waals surface area (Å²) in [5.74, 6) is -1.64. The number of nitrogens with zero attached hydrogens (tertiary/aromatic N) is 5. The number of carboxylic acids is 1. The van der Waals surface area contributed by atoms with Crippen LogP contribution in [0, 0.1) is 5.82 Å². The molecule has 30 heavy (non-hydrogen) atoms. The number of carbonyl (C=O) groups is 2. The fourth-order valence-corrected chi connectivity index (χ4v) is 4.30. The number of aliphatic carboxylic acids is 1. The highest BCUT2D eigenvalue weighted by Gasteiger charge is 2.34. The van der Waals surface area contributed by atoms with Crippen molar-refractivity contribution in [1.82, 2.24) is 24.4 Å². The van der Waals surface area contributed by atoms with Gasteiger partial charge >= 0.3 is 5.97 Å². The number of pyridine rings is 1. The van der Waals surface area contributed by atoms with E-state index in [9.17, 15) is 19.1 Å². The van der Waals surface area contributed by atoms with Crippen LogP contribution in [0.4, 0.5) is 4.39 Å². The Kier molecular flexibility index (Phi) is 4.30. The number of carbonyl (C=O) groups excluding carboxylic acids is 1. The fourth-order valence-electron chi connectivity index (χ4n) is 4.30. The molecule has 0 saturated carbocycles. The lowest BCUT2D eigenvalue weighted by Gasteiger charge is -2.21. The van der Waals surface area contributed by atoms with Gasteiger partial charge in [-0.05, 0) is 25.0 Å². The van der Waals surface area contributed by atoms with Crippen LogP contribution >= 0.6 is 0 Å². The molecule has 9 heteroatoms. The predicted molar refractivity (Wildman–Crippen MR) is 105 cm³/mol. The van der Waals surface area contributed by atoms with E-state index < -0.39 is 17.8 Å². The molecule has 2 aliphatic rings. The largest absolute Gasteiger partial charge is 0.480 e. The summed E-state index contributed by atoms with van der Waals surface area (Å²) in [5.41, 5.74) is 3.51. The summed E-state index contributed by atoms with van der Waals surface area (Å²) in [4.78, 5) is 38.4. The first-order chi connectivity index (χ1) is 14.5. The van der Waals surface area contributed by atoms with Gasteiger partial charge in [0.1, 0.15) is 30.4 Å². The molecule has 1 N–H and O–H groups in total. The van der Waals surface area contributed by atoms with E-state index >= 15 is 0 Å². The van der Waals surface area contributed by atoms with Crippen molar-refractivity contribution in [2.75, 3.05) is 6.54 Å². The number of hydrogen-bond acceptors (Lipinski definition) is 5. The van der Waals surface area contributed by atoms with Gasteiger partial charge < -0.3 is 14.6 Å². The number of aromatic nitrogens is 4. The lowest BCUT2D eigenvalue weighted by Crippen LogP contribution is -2.42. The molecule has 1 saturated heterocycles. The highest BCUT2D eigenvalue weighted by atomic mass is 19.1. The highest BCUT2D eigenvalue weighted by Crippen LogP contribution is 2.34. The molecular formula is C21H18FN5O3. The van der Waals surface area contributed by atoms with Crippen molar-refractivity contribution < 1.29 is 19.1 Å². The first-order valence-electron chi connectivity index (χ1n) is 9.70. The van der Waals surface area contributed by atoms with Crippen molar-refractivity contribution in [3.05, 3.63) is 59.7 Å². The molecule has 152 valence electrons. The van der Waals surface area contributed by atoms with Gasteiger partial charge in [-0.3, -0.25) is 9.78 Å². The average Bonchev–Trinajstić information content (AvgIpc) is 3.46. The summed E-state index contributed by atoms with van der Waals surface area (Å²) < 4.78 is 15.4. The van der Waals surface area contributed by atoms with E-state index in [-0.39, 0.29) is 12.5 Å². The molecule has 0 unspecified atom stereocenters. The predicted octanol–water partition coefficient (Wildman–Crippen LogP) is 2.03. The third kappa shape index (κ3) is 2.94. The Hall–Kier alpha value is -3.62. The van der Waals surface area contributed by atoms with Crippen LogP contribution in [0.15, 0.2) is 36.9 Å². The molecule has 1 aliphatic carbocycles. The first-order valence-corrected chi connectivity index (χ1v) is 9.70. The first kappa shape index (κ1) is 18.4. The van der Waals surface area contributed by atoms with Crippen LogP contribution in [0.1, 0.15) is 29.8 Å². The lowest BCUT2D eigenvalue weighted by molar-refractivity contribution is -0.148. The Morgan fingerprint density at radius 3 is 2.97 bits per heavy atom. The normalized spacial score (nSPS) is 18.0. The number of hydrogen-bond donors (Lipinski definition) is 1. The minimum Gasteiger partial charge on any atom is -0.480 e. The number of likely N-dealkylation sites (tertiary alicyclic amines) is 1. The SMILES string of the molecule is O=C(O)[C@H]1CCCN1C(=O)Cn1ccc2c(C3=CCc4ncc(F)cc43)ncnc21. The van der Waals surface area contributed by atoms with Gasteiger partial charge in [0, 0.05) is 35.7 Å². The van der Waals surface area contributed by atoms with E-state index in [4.69, 9.17) is 0 Å². The zero-order chi connectivity index (χ0) is 20.8. The van der Waals surface area contributed by atoms with Gasteiger partial charge in [0.05, 0.1) is 17.6 Å². The number of allylic oxidation sites excluding steroid dienone is 1. The number of fused-ring (bicyclic) bond motifs is 2. The summed E-state index contributed by atoms with van der Waals surface area (Å²) in [6, 6.07) is 2.50. The average molecular weight is 407 g/mol. The highest BCUT2D eigenvalue weighted by molar-refractivity contribution is 5.95. The molecule has 1 fully saturated rings. The fraction of sp³-hybridized carbons (Fsp3) is 0.286. The van der Waals surface area contributed by atoms with E-state index in [1.165, 1.54) is 23.5 Å². The lowest BCUT2D eigenvalue weighted by atomic mass is 10.0. The molecule has 0 aromatic carbocycles. The van der Waals surface area contributed by atoms with Crippen LogP contribution in [0.5, 0.6) is 0 Å². The van der Waals surface area contributed by atoms with Crippen molar-refractivity contribution in [3.63, 3.8) is 0 Å². The van der Waals surface area contributed by atoms with Crippen LogP contribution in [-0.4, -0.2) is 54.0 Å². The van der Waals surface area contributed by atoms with Gasteiger partial charge in [0.25, 0.3) is 0 Å². The third-order valence-corrected chi connectivity index (χ3v) is 5.70. The van der Waals surface area contributed by atoms with Crippen molar-refractivity contribution in [3.8, 4) is 0 Å². The second-order valence-electron chi connectivity index (χ2n) is 7.46. The Morgan fingerprint density at radius 2 is 2.13 bits per heavy atom. The Morgan fingerprint density at radius 1 is 1.27 bits per heavy atom. The number of halogens is 1. The van der Waals surface area contributed by atoms with Crippen LogP contribution < -0.4 is 0 Å². The standard InChI is InChI=1S/C21H18FN5O3/c22-12-8-15-13(3-4-16(15)23-9-12)19-14-5-7-26(20(14)25-11-24-19)10-18(28)27-6-1-2-17(27)21(29)30/h3,5,7-9,11,17H,1-2,4,6,10H2,(H,29,30)/t17-/m1/s1. The summed E-state index contributed by atoms with van der Waals surface area (Å²) in [6.07, 6.45) is 8.07. The number of rotatable bonds is 4. The monoisotopic (exact) mass is 407 g/mol. The van der Waals surface area contributed by atoms with Gasteiger partial charge in [-0.1, -0.05) is 6.08 Å². The summed E-state index contributed by atoms with van der Waals surface area (Å²) in [5, 5.41) is 10.1. The molecule has 4 heterocycles. The molecular weight excluding hydrogens is 389 g/mol. The minimum absolute atomic E-state index is 0.00441. The van der Waals surface area contributed by atoms with Gasteiger partial charge in [0.2, 0.25) is 5.91 Å². The molecule has 1 amide bonds. The zero-order valence-electron chi connectivity index (χ0n) is 16.0. The van der Waals surface area contributed by atoms with Crippen LogP contribution in [-0.2, 0) is 22.6 Å². The smallest absolute Gasteiger partial charge is 0.326 e. The molecule has 0 bridgehead atoms. The minimum atomic E-state index is -0.976. The number of amides is 1. The molecule has 8 nitrogen and oxygen atoms in total. The zero-order valence-corrected chi connectivity index (χ0v) is 16.0. The van der Waals surface area contributed by atoms with E-state index in [0.29, 0.717) is 42.7 Å². The van der Waals surface area contributed by atoms with Crippen molar-refractivity contribution >= 4 is 28.5 Å². The van der Waals surface area contributed by atoms with Gasteiger partial charge in [-0.2, -0.15) is 0 Å². The van der Waals surface area contributed by atoms with Crippen molar-refractivity contribution in [2.45, 2.75) is 31.8 Å². The summed E-state index contributed by atoms with van der Waals surface area (Å²) in [6.45, 7) is 0.438. The van der Waals surface area contributed by atoms with E-state index in [0.717, 1.165) is 16.7 Å². The molecule has 1 atom stereocenters. The molecule has 3 aromatic rings. The molecule has 0 radical (unpaired) electrons. The topological polar surface area (TPSA) is 101 Å². The quantitative estimate of drug-likeness (QED) is 0.710. The van der Waals surface area contributed by atoms with E-state index in [1.807, 2.05) is 12.1 Å². The van der Waals surface area contributed by atoms with Crippen LogP contribution in [0.3, 0.4) is 0 Å². The van der Waals surface area contributed by atoms with E-state index in [2.05, 4.69) is 15.0 Å². The molecule has 0 spiro atoms. The Bertz CT molecular complexity index is 1220. The van der Waals surface area contributed by atoms with E-state index in [1.54, 1.807) is 10.8 Å². The Labute approximate surface area is 170 Å². The van der Waals surface area contributed by atoms with Gasteiger partial charge in [-0.25, -0.2) is 19.2 Å². The summed E-state index contributed by atoms with van der Waals surface area (Å²) >= 11 is 0. The van der Waals surface area contributed by atoms with Gasteiger partial charge in [0.15, 0.2) is 0 Å². The molecule has 5 rings (SSSR count). The van der Waals surface area contributed by atoms with Gasteiger partial charge in [-0.15, -0.1) is 0 Å². The van der Waals surface area contributed by atoms with Crippen molar-refractivity contribution in [1.29, 1.82) is 0 Å². The molecule has 1 aliphatic heterocycles. The summed E-state index contributed by atoms with van der Waals surface area (Å²) in [7, 11) is 0. The van der Waals surface area contributed by atoms with Crippen LogP contribution in [0.2, 0.25) is 0 Å². The second-order valence-corrected chi connectivity index (χ2v) is 7.46. The maximum Gasteiger partial charge on any atom is 0.326 e. The molecule has 3 aromatic heterocycles. The Balaban J connectivity index is 1.48.